The van der Waals surface area contributed by atoms with Gasteiger partial charge in [0.2, 0.25) is 0 Å². The summed E-state index contributed by atoms with van der Waals surface area (Å²) in [4.78, 5) is 0. The first-order valence-electron chi connectivity index (χ1n) is 3.29. The highest BCUT2D eigenvalue weighted by Crippen LogP contribution is 2.44. The predicted molar refractivity (Wildman–Crippen MR) is 62.9 cm³/mol. The van der Waals surface area contributed by atoms with E-state index in [1.807, 2.05) is 0 Å². The summed E-state index contributed by atoms with van der Waals surface area (Å²) in [6.07, 6.45) is 0. The van der Waals surface area contributed by atoms with Crippen LogP contribution in [0, 0.1) is 0 Å². The molecule has 8 N–H and O–H groups in total. The van der Waals surface area contributed by atoms with Gasteiger partial charge in [-0.3, -0.25) is 25.6 Å². The van der Waals surface area contributed by atoms with Gasteiger partial charge in [0, 0.05) is 29.0 Å². The van der Waals surface area contributed by atoms with Crippen molar-refractivity contribution in [2.75, 3.05) is 14.1 Å². The van der Waals surface area contributed by atoms with Crippen LogP contribution in [-0.4, -0.2) is 18.2 Å². The summed E-state index contributed by atoms with van der Waals surface area (Å²) in [7, 11) is -1.41. The van der Waals surface area contributed by atoms with Gasteiger partial charge in [0.25, 0.3) is 15.2 Å². The quantitative estimate of drug-likeness (QED) is 0.257. The maximum atomic E-state index is 11.4. The van der Waals surface area contributed by atoms with Gasteiger partial charge in [-0.25, -0.2) is 5.09 Å². The van der Waals surface area contributed by atoms with Gasteiger partial charge in [-0.15, -0.1) is 0 Å². The number of rotatable bonds is 6. The average Bonchev–Trinajstić information content (AvgIpc) is 2.02. The van der Waals surface area contributed by atoms with Crippen molar-refractivity contribution in [1.82, 2.24) is 13.7 Å². The van der Waals surface area contributed by atoms with Crippen LogP contribution < -0.4 is 26.1 Å². The number of nitrogens with zero attached hydrogens (tertiary/aromatic N) is 1. The summed E-state index contributed by atoms with van der Waals surface area (Å²) >= 11 is 0. The molecule has 0 spiro atoms. The SMILES string of the molecule is CNP(N)(=O)N(C)SSNP(N)(N)=O. The minimum atomic E-state index is -3.27. The molecule has 0 rings (SSSR count). The molecule has 0 aromatic heterocycles. The first-order chi connectivity index (χ1) is 6.19. The lowest BCUT2D eigenvalue weighted by Gasteiger charge is -2.21. The molecule has 0 bridgehead atoms. The summed E-state index contributed by atoms with van der Waals surface area (Å²) in [6.45, 7) is 0. The summed E-state index contributed by atoms with van der Waals surface area (Å²) in [5.74, 6) is 0. The van der Waals surface area contributed by atoms with Crippen LogP contribution >= 0.6 is 37.1 Å². The second kappa shape index (κ2) is 5.86. The van der Waals surface area contributed by atoms with E-state index in [-0.39, 0.29) is 0 Å². The first-order valence-corrected chi connectivity index (χ1v) is 8.97. The van der Waals surface area contributed by atoms with Gasteiger partial charge < -0.3 is 0 Å². The summed E-state index contributed by atoms with van der Waals surface area (Å²) in [5, 5.41) is 2.45. The van der Waals surface area contributed by atoms with E-state index >= 15 is 0 Å². The number of hydrogen-bond acceptors (Lipinski definition) is 4. The molecule has 0 radical (unpaired) electrons. The first kappa shape index (κ1) is 14.9. The van der Waals surface area contributed by atoms with Gasteiger partial charge in [0.1, 0.15) is 0 Å². The van der Waals surface area contributed by atoms with Gasteiger partial charge in [-0.2, -0.15) is 8.57 Å². The second-order valence-electron chi connectivity index (χ2n) is 2.27. The molecule has 12 heteroatoms. The molecule has 0 amide bonds. The van der Waals surface area contributed by atoms with Crippen molar-refractivity contribution in [3.63, 3.8) is 0 Å². The normalized spacial score (nSPS) is 17.0. The number of nitrogens with one attached hydrogen (secondary N) is 2. The van der Waals surface area contributed by atoms with Crippen LogP contribution in [0.15, 0.2) is 0 Å². The van der Waals surface area contributed by atoms with Crippen LogP contribution in [0.1, 0.15) is 0 Å². The molecule has 0 heterocycles. The van der Waals surface area contributed by atoms with E-state index in [2.05, 4.69) is 9.58 Å². The van der Waals surface area contributed by atoms with Crippen molar-refractivity contribution in [1.29, 1.82) is 0 Å². The Labute approximate surface area is 90.8 Å². The smallest absolute Gasteiger partial charge is 0.271 e. The van der Waals surface area contributed by atoms with Crippen molar-refractivity contribution in [3.8, 4) is 0 Å². The molecule has 0 aliphatic heterocycles. The lowest BCUT2D eigenvalue weighted by molar-refractivity contribution is 0.545. The third-order valence-corrected chi connectivity index (χ3v) is 7.14. The lowest BCUT2D eigenvalue weighted by atomic mass is 11.6. The fourth-order valence-electron chi connectivity index (χ4n) is 0.319. The summed E-state index contributed by atoms with van der Waals surface area (Å²) in [6, 6.07) is 0. The van der Waals surface area contributed by atoms with Crippen molar-refractivity contribution in [3.05, 3.63) is 0 Å². The highest BCUT2D eigenvalue weighted by atomic mass is 33.1. The zero-order valence-electron chi connectivity index (χ0n) is 7.71. The van der Waals surface area contributed by atoms with Crippen molar-refractivity contribution in [2.24, 2.45) is 16.5 Å². The zero-order chi connectivity index (χ0) is 11.4. The van der Waals surface area contributed by atoms with Gasteiger partial charge in [-0.05, 0) is 7.05 Å². The van der Waals surface area contributed by atoms with E-state index in [1.165, 1.54) is 18.2 Å². The molecular weight excluding hydrogens is 266 g/mol. The molecule has 0 aliphatic rings. The fraction of sp³-hybridized carbons (Fsp3) is 1.00. The summed E-state index contributed by atoms with van der Waals surface area (Å²) < 4.78 is 25.8. The van der Waals surface area contributed by atoms with Crippen LogP contribution in [0.25, 0.3) is 0 Å². The van der Waals surface area contributed by atoms with E-state index in [1.54, 1.807) is 0 Å². The monoisotopic (exact) mass is 280 g/mol. The largest absolute Gasteiger partial charge is 0.288 e. The van der Waals surface area contributed by atoms with Crippen LogP contribution in [0.2, 0.25) is 0 Å². The fourth-order valence-corrected chi connectivity index (χ4v) is 4.81. The highest BCUT2D eigenvalue weighted by Gasteiger charge is 2.21. The van der Waals surface area contributed by atoms with E-state index in [0.29, 0.717) is 0 Å². The van der Waals surface area contributed by atoms with Gasteiger partial charge >= 0.3 is 0 Å². The molecular formula is C2H14N6O2P2S2. The second-order valence-corrected chi connectivity index (χ2v) is 8.79. The molecule has 8 nitrogen and oxygen atoms in total. The van der Waals surface area contributed by atoms with Crippen LogP contribution in [0.3, 0.4) is 0 Å². The van der Waals surface area contributed by atoms with Gasteiger partial charge in [-0.1, -0.05) is 0 Å². The molecule has 1 unspecified atom stereocenters. The van der Waals surface area contributed by atoms with E-state index in [4.69, 9.17) is 16.5 Å². The number of nitrogens with two attached hydrogens (primary N) is 3. The molecule has 86 valence electrons. The maximum Gasteiger partial charge on any atom is 0.288 e. The molecule has 0 aromatic carbocycles. The molecule has 14 heavy (non-hydrogen) atoms. The van der Waals surface area contributed by atoms with Crippen LogP contribution in [0.5, 0.6) is 0 Å². The van der Waals surface area contributed by atoms with Crippen molar-refractivity contribution in [2.45, 2.75) is 0 Å². The lowest BCUT2D eigenvalue weighted by Crippen LogP contribution is -2.23. The Balaban J connectivity index is 3.93. The standard InChI is InChI=1S/C2H14N6O2P2S2/c1-6-12(5,10)8(2)14-13-7-11(3,4)9/h1-2H3,(H3,5,6,10)(H5,3,4,7,9). The Bertz CT molecular complexity index is 269. The average molecular weight is 280 g/mol. The third-order valence-electron chi connectivity index (χ3n) is 1.06. The van der Waals surface area contributed by atoms with E-state index < -0.39 is 15.2 Å². The van der Waals surface area contributed by atoms with Crippen molar-refractivity contribution >= 4 is 37.1 Å². The Kier molecular flexibility index (Phi) is 6.24. The molecule has 0 aromatic rings. The van der Waals surface area contributed by atoms with E-state index in [0.717, 1.165) is 22.0 Å². The predicted octanol–water partition coefficient (Wildman–Crippen LogP) is 0.0309. The molecule has 0 fully saturated rings. The zero-order valence-corrected chi connectivity index (χ0v) is 11.1. The van der Waals surface area contributed by atoms with Crippen LogP contribution in [-0.2, 0) is 9.13 Å². The van der Waals surface area contributed by atoms with Crippen molar-refractivity contribution < 1.29 is 9.13 Å². The van der Waals surface area contributed by atoms with Gasteiger partial charge in [0.15, 0.2) is 0 Å². The molecule has 0 saturated carbocycles. The molecule has 0 saturated heterocycles. The Morgan fingerprint density at radius 1 is 1.29 bits per heavy atom. The Morgan fingerprint density at radius 2 is 1.79 bits per heavy atom. The minimum absolute atomic E-state index is 0.898. The maximum absolute atomic E-state index is 11.4. The molecule has 1 atom stereocenters. The van der Waals surface area contributed by atoms with Gasteiger partial charge in [0.05, 0.1) is 0 Å². The topological polar surface area (TPSA) is 140 Å². The Hall–Kier alpha value is 0.920. The highest BCUT2D eigenvalue weighted by molar-refractivity contribution is 8.76. The Morgan fingerprint density at radius 3 is 2.14 bits per heavy atom. The summed E-state index contributed by atoms with van der Waals surface area (Å²) in [5.41, 5.74) is 15.4. The minimum Gasteiger partial charge on any atom is -0.271 e. The number of hydrogen-bond donors (Lipinski definition) is 5. The third kappa shape index (κ3) is 6.41. The van der Waals surface area contributed by atoms with E-state index in [9.17, 15) is 9.13 Å². The van der Waals surface area contributed by atoms with Crippen LogP contribution in [0.4, 0.5) is 0 Å². The molecule has 0 aliphatic carbocycles.